The molecule has 0 bridgehead atoms. The summed E-state index contributed by atoms with van der Waals surface area (Å²) >= 11 is 0. The van der Waals surface area contributed by atoms with Gasteiger partial charge in [0, 0.05) is 12.3 Å². The first-order chi connectivity index (χ1) is 15.6. The van der Waals surface area contributed by atoms with E-state index in [1.165, 1.54) is 0 Å². The van der Waals surface area contributed by atoms with E-state index in [1.807, 2.05) is 18.2 Å². The number of aliphatic carboxylic acids is 1. The van der Waals surface area contributed by atoms with Crippen LogP contribution in [-0.4, -0.2) is 46.2 Å². The molecule has 5 nitrogen and oxygen atoms in total. The van der Waals surface area contributed by atoms with E-state index >= 15 is 0 Å². The number of aliphatic hydroxyl groups excluding tert-OH is 1. The van der Waals surface area contributed by atoms with Gasteiger partial charge in [-0.05, 0) is 53.6 Å². The van der Waals surface area contributed by atoms with Gasteiger partial charge in [-0.2, -0.15) is 0 Å². The Morgan fingerprint density at radius 3 is 2.00 bits per heavy atom. The zero-order chi connectivity index (χ0) is 25.7. The topological polar surface area (TPSA) is 76.0 Å². The quantitative estimate of drug-likeness (QED) is 0.242. The highest BCUT2D eigenvalue weighted by atomic mass is 28.3. The number of allylic oxidation sites excluding steroid dienone is 1. The van der Waals surface area contributed by atoms with E-state index < -0.39 is 35.9 Å². The van der Waals surface area contributed by atoms with Crippen LogP contribution < -0.4 is 0 Å². The first-order valence-corrected chi connectivity index (χ1v) is 17.0. The van der Waals surface area contributed by atoms with Gasteiger partial charge in [0.1, 0.15) is 0 Å². The minimum absolute atomic E-state index is 0.00772. The van der Waals surface area contributed by atoms with Crippen molar-refractivity contribution in [1.29, 1.82) is 0 Å². The summed E-state index contributed by atoms with van der Waals surface area (Å²) < 4.78 is 13.9. The molecule has 0 spiro atoms. The van der Waals surface area contributed by atoms with E-state index in [9.17, 15) is 15.0 Å². The van der Waals surface area contributed by atoms with Gasteiger partial charge in [-0.1, -0.05) is 78.0 Å². The Morgan fingerprint density at radius 1 is 1.00 bits per heavy atom. The van der Waals surface area contributed by atoms with Gasteiger partial charge in [-0.3, -0.25) is 4.79 Å². The highest BCUT2D eigenvalue weighted by Crippen LogP contribution is 2.39. The van der Waals surface area contributed by atoms with Crippen LogP contribution in [-0.2, 0) is 20.1 Å². The summed E-state index contributed by atoms with van der Waals surface area (Å²) in [6.07, 6.45) is 5.55. The maximum Gasteiger partial charge on any atom is 0.303 e. The van der Waals surface area contributed by atoms with Crippen LogP contribution in [0.25, 0.3) is 0 Å². The fraction of sp³-hybridized carbons (Fsp3) is 0.667. The van der Waals surface area contributed by atoms with Crippen LogP contribution in [0.5, 0.6) is 0 Å². The molecular weight excluding hydrogens is 460 g/mol. The van der Waals surface area contributed by atoms with Gasteiger partial charge < -0.3 is 19.1 Å². The molecule has 34 heavy (non-hydrogen) atoms. The normalized spacial score (nSPS) is 25.3. The van der Waals surface area contributed by atoms with Crippen molar-refractivity contribution < 1.29 is 23.9 Å². The molecular formula is C27H46O5Si2. The van der Waals surface area contributed by atoms with Gasteiger partial charge in [-0.15, -0.1) is 0 Å². The second kappa shape index (κ2) is 11.7. The van der Waals surface area contributed by atoms with Crippen molar-refractivity contribution in [2.45, 2.75) is 102 Å². The Bertz CT molecular complexity index is 791. The molecule has 0 aliphatic heterocycles. The monoisotopic (exact) mass is 506 g/mol. The van der Waals surface area contributed by atoms with Gasteiger partial charge >= 0.3 is 5.97 Å². The first kappa shape index (κ1) is 29.0. The highest BCUT2D eigenvalue weighted by Gasteiger charge is 2.41. The maximum atomic E-state index is 11.4. The van der Waals surface area contributed by atoms with E-state index in [-0.39, 0.29) is 28.3 Å². The number of hydrogen-bond acceptors (Lipinski definition) is 4. The molecule has 2 rings (SSSR count). The molecule has 1 aromatic rings. The van der Waals surface area contributed by atoms with Crippen LogP contribution in [0.4, 0.5) is 0 Å². The summed E-state index contributed by atoms with van der Waals surface area (Å²) in [5.74, 6) is -2.06. The van der Waals surface area contributed by atoms with Gasteiger partial charge in [0.05, 0.1) is 12.5 Å². The summed E-state index contributed by atoms with van der Waals surface area (Å²) in [5.41, 5.74) is 1.14. The fourth-order valence-corrected chi connectivity index (χ4v) is 6.61. The smallest absolute Gasteiger partial charge is 0.303 e. The van der Waals surface area contributed by atoms with Crippen molar-refractivity contribution in [3.05, 3.63) is 48.0 Å². The van der Waals surface area contributed by atoms with Crippen molar-refractivity contribution in [3.63, 3.8) is 0 Å². The van der Waals surface area contributed by atoms with Crippen molar-refractivity contribution in [1.82, 2.24) is 0 Å². The molecule has 5 atom stereocenters. The summed E-state index contributed by atoms with van der Waals surface area (Å²) in [6.45, 7) is 17.8. The summed E-state index contributed by atoms with van der Waals surface area (Å²) in [5, 5.41) is 19.9. The molecule has 0 heterocycles. The van der Waals surface area contributed by atoms with Gasteiger partial charge in [-0.25, -0.2) is 0 Å². The number of rotatable bonds is 10. The summed E-state index contributed by atoms with van der Waals surface area (Å²) in [6, 6.07) is 10.3. The maximum absolute atomic E-state index is 11.4. The molecule has 1 aromatic carbocycles. The Hall–Kier alpha value is -1.26. The van der Waals surface area contributed by atoms with Crippen LogP contribution >= 0.6 is 0 Å². The molecule has 1 aliphatic carbocycles. The van der Waals surface area contributed by atoms with Crippen LogP contribution in [0.1, 0.15) is 66.4 Å². The fourth-order valence-electron chi connectivity index (χ4n) is 4.16. The Balaban J connectivity index is 2.50. The molecule has 1 saturated carbocycles. The number of hydrogen-bond donors (Lipinski definition) is 2. The molecule has 1 fully saturated rings. The average molecular weight is 507 g/mol. The van der Waals surface area contributed by atoms with Crippen molar-refractivity contribution >= 4 is 24.0 Å². The Morgan fingerprint density at radius 2 is 1.53 bits per heavy atom. The van der Waals surface area contributed by atoms with E-state index in [2.05, 4.69) is 78.9 Å². The molecule has 2 N–H and O–H groups in total. The zero-order valence-corrected chi connectivity index (χ0v) is 24.7. The zero-order valence-electron chi connectivity index (χ0n) is 22.4. The van der Waals surface area contributed by atoms with Gasteiger partial charge in [0.25, 0.3) is 0 Å². The number of aliphatic hydroxyl groups is 1. The first-order valence-electron chi connectivity index (χ1n) is 12.6. The third kappa shape index (κ3) is 8.45. The number of carbonyl (C=O) groups is 1. The molecule has 0 radical (unpaired) electrons. The Labute approximate surface area is 210 Å². The van der Waals surface area contributed by atoms with Crippen molar-refractivity contribution in [2.75, 3.05) is 0 Å². The van der Waals surface area contributed by atoms with E-state index in [1.54, 1.807) is 0 Å². The minimum Gasteiger partial charge on any atom is -0.481 e. The lowest BCUT2D eigenvalue weighted by molar-refractivity contribution is -0.139. The molecule has 0 amide bonds. The third-order valence-electron chi connectivity index (χ3n) is 7.33. The second-order valence-corrected chi connectivity index (χ2v) is 18.7. The van der Waals surface area contributed by atoms with Gasteiger partial charge in [0.2, 0.25) is 0 Å². The van der Waals surface area contributed by atoms with E-state index in [4.69, 9.17) is 8.85 Å². The molecule has 1 aliphatic rings. The average Bonchev–Trinajstić information content (AvgIpc) is 3.04. The lowest BCUT2D eigenvalue weighted by Crippen LogP contribution is -2.48. The number of carboxylic acid groups (broad SMARTS) is 1. The predicted octanol–water partition coefficient (Wildman–Crippen LogP) is 5.68. The van der Waals surface area contributed by atoms with E-state index in [0.717, 1.165) is 12.0 Å². The number of carboxylic acids is 1. The van der Waals surface area contributed by atoms with Crippen LogP contribution in [0.15, 0.2) is 42.5 Å². The molecule has 0 aromatic heterocycles. The molecule has 5 unspecified atom stereocenters. The standard InChI is InChI=1S/C27H46O5Si2/c1-25(2,3)33(7)31-27(32-34(8)26(4,5)6,19-20-12-10-9-11-13-20)17-16-21-14-15-23(28)22(21)18-24(29)30/h9-13,16-17,21-23,28,33-34H,14-15,18-19H2,1-8H3,(H,29,30). The van der Waals surface area contributed by atoms with Crippen LogP contribution in [0, 0.1) is 11.8 Å². The SMILES string of the molecule is C[SiH](OC(C=CC1CCC(O)C1CC(=O)O)(Cc1ccccc1)O[SiH](C)C(C)(C)C)C(C)(C)C. The van der Waals surface area contributed by atoms with Gasteiger partial charge in [0.15, 0.2) is 23.9 Å². The molecule has 7 heteroatoms. The largest absolute Gasteiger partial charge is 0.481 e. The summed E-state index contributed by atoms with van der Waals surface area (Å²) in [7, 11) is -3.37. The van der Waals surface area contributed by atoms with Crippen molar-refractivity contribution in [3.8, 4) is 0 Å². The van der Waals surface area contributed by atoms with E-state index in [0.29, 0.717) is 12.8 Å². The second-order valence-electron chi connectivity index (χ2n) is 12.2. The molecule has 192 valence electrons. The summed E-state index contributed by atoms with van der Waals surface area (Å²) in [4.78, 5) is 11.4. The molecule has 0 saturated heterocycles. The number of benzene rings is 1. The van der Waals surface area contributed by atoms with Crippen LogP contribution in [0.3, 0.4) is 0 Å². The third-order valence-corrected chi connectivity index (χ3v) is 13.7. The minimum atomic E-state index is -1.68. The Kier molecular flexibility index (Phi) is 9.93. The lowest BCUT2D eigenvalue weighted by atomic mass is 9.90. The predicted molar refractivity (Wildman–Crippen MR) is 144 cm³/mol. The van der Waals surface area contributed by atoms with Crippen molar-refractivity contribution in [2.24, 2.45) is 11.8 Å². The highest BCUT2D eigenvalue weighted by molar-refractivity contribution is 6.55. The lowest BCUT2D eigenvalue weighted by Gasteiger charge is -2.42. The van der Waals surface area contributed by atoms with Crippen LogP contribution in [0.2, 0.25) is 23.2 Å².